The van der Waals surface area contributed by atoms with Crippen LogP contribution in [0.4, 0.5) is 19.4 Å². The Labute approximate surface area is 183 Å². The number of rotatable bonds is 5. The summed E-state index contributed by atoms with van der Waals surface area (Å²) < 4.78 is 34.4. The molecule has 3 aromatic rings. The topological polar surface area (TPSA) is 91.0 Å². The molecule has 1 fully saturated rings. The van der Waals surface area contributed by atoms with Crippen LogP contribution in [0.1, 0.15) is 50.9 Å². The number of anilines is 1. The molecular formula is C22H23F2N5O3. The van der Waals surface area contributed by atoms with E-state index in [0.29, 0.717) is 11.4 Å². The van der Waals surface area contributed by atoms with Crippen molar-refractivity contribution in [2.45, 2.75) is 51.6 Å². The highest BCUT2D eigenvalue weighted by Gasteiger charge is 2.30. The van der Waals surface area contributed by atoms with Gasteiger partial charge in [0, 0.05) is 24.2 Å². The Bertz CT molecular complexity index is 1170. The van der Waals surface area contributed by atoms with Crippen molar-refractivity contribution in [3.63, 3.8) is 0 Å². The van der Waals surface area contributed by atoms with Crippen molar-refractivity contribution in [1.82, 2.24) is 19.6 Å². The molecule has 0 bridgehead atoms. The first-order chi connectivity index (χ1) is 15.1. The van der Waals surface area contributed by atoms with Crippen molar-refractivity contribution in [1.29, 1.82) is 0 Å². The Morgan fingerprint density at radius 3 is 2.53 bits per heavy atom. The normalized spacial score (nSPS) is 13.8. The average molecular weight is 443 g/mol. The third-order valence-electron chi connectivity index (χ3n) is 4.71. The Balaban J connectivity index is 1.48. The van der Waals surface area contributed by atoms with Crippen molar-refractivity contribution < 1.29 is 23.1 Å². The summed E-state index contributed by atoms with van der Waals surface area (Å²) in [6.07, 6.45) is 2.75. The number of halogens is 2. The van der Waals surface area contributed by atoms with Crippen LogP contribution < -0.4 is 5.32 Å². The molecular weight excluding hydrogens is 420 g/mol. The second-order valence-electron chi connectivity index (χ2n) is 8.70. The van der Waals surface area contributed by atoms with Crippen LogP contribution in [0.15, 0.2) is 36.5 Å². The van der Waals surface area contributed by atoms with Gasteiger partial charge in [0.25, 0.3) is 0 Å². The number of nitrogens with one attached hydrogen (secondary N) is 1. The fourth-order valence-corrected chi connectivity index (χ4v) is 3.09. The smallest absolute Gasteiger partial charge is 0.437 e. The van der Waals surface area contributed by atoms with Gasteiger partial charge in [-0.1, -0.05) is 0 Å². The van der Waals surface area contributed by atoms with E-state index >= 15 is 0 Å². The lowest BCUT2D eigenvalue weighted by Gasteiger charge is -2.19. The number of carbonyl (C=O) groups excluding carboxylic acids is 2. The Morgan fingerprint density at radius 1 is 1.12 bits per heavy atom. The first-order valence-electron chi connectivity index (χ1n) is 10.2. The number of aromatic nitrogens is 4. The van der Waals surface area contributed by atoms with Gasteiger partial charge in [0.1, 0.15) is 11.4 Å². The monoisotopic (exact) mass is 443 g/mol. The number of nitrogens with zero attached hydrogens (tertiary/aromatic N) is 4. The summed E-state index contributed by atoms with van der Waals surface area (Å²) in [4.78, 5) is 25.2. The molecule has 32 heavy (non-hydrogen) atoms. The van der Waals surface area contributed by atoms with E-state index in [-0.39, 0.29) is 18.2 Å². The lowest BCUT2D eigenvalue weighted by atomic mass is 10.2. The molecule has 0 atom stereocenters. The highest BCUT2D eigenvalue weighted by Crippen LogP contribution is 2.40. The van der Waals surface area contributed by atoms with E-state index in [0.717, 1.165) is 35.4 Å². The van der Waals surface area contributed by atoms with Gasteiger partial charge in [0.15, 0.2) is 11.6 Å². The molecule has 10 heteroatoms. The van der Waals surface area contributed by atoms with Crippen molar-refractivity contribution in [3.05, 3.63) is 59.6 Å². The zero-order chi connectivity index (χ0) is 23.0. The van der Waals surface area contributed by atoms with Crippen molar-refractivity contribution in [2.75, 3.05) is 5.32 Å². The van der Waals surface area contributed by atoms with Crippen LogP contribution in [0, 0.1) is 11.6 Å². The number of benzene rings is 1. The van der Waals surface area contributed by atoms with E-state index < -0.39 is 29.2 Å². The molecule has 0 spiro atoms. The van der Waals surface area contributed by atoms with E-state index in [9.17, 15) is 18.4 Å². The second-order valence-corrected chi connectivity index (χ2v) is 8.70. The Kier molecular flexibility index (Phi) is 5.53. The van der Waals surface area contributed by atoms with Crippen LogP contribution in [0.2, 0.25) is 0 Å². The third kappa shape index (κ3) is 5.01. The highest BCUT2D eigenvalue weighted by molar-refractivity contribution is 5.93. The summed E-state index contributed by atoms with van der Waals surface area (Å²) in [6.45, 7) is 5.24. The largest absolute Gasteiger partial charge is 0.442 e. The van der Waals surface area contributed by atoms with Crippen molar-refractivity contribution in [2.24, 2.45) is 0 Å². The molecule has 2 aromatic heterocycles. The van der Waals surface area contributed by atoms with Crippen LogP contribution in [-0.4, -0.2) is 37.2 Å². The van der Waals surface area contributed by atoms with E-state index in [2.05, 4.69) is 15.5 Å². The average Bonchev–Trinajstić information content (AvgIpc) is 3.30. The lowest BCUT2D eigenvalue weighted by molar-refractivity contribution is -0.115. The van der Waals surface area contributed by atoms with Gasteiger partial charge in [-0.15, -0.1) is 4.68 Å². The summed E-state index contributed by atoms with van der Waals surface area (Å²) in [6, 6.07) is 6.69. The fourth-order valence-electron chi connectivity index (χ4n) is 3.09. The quantitative estimate of drug-likeness (QED) is 0.639. The summed E-state index contributed by atoms with van der Waals surface area (Å²) >= 11 is 0. The fraction of sp³-hybridized carbons (Fsp3) is 0.364. The molecule has 1 aliphatic rings. The SMILES string of the molecule is CC(C)(C)OC(=O)n1nc(C2CC2)cc1NC(=O)Cc1ccn(-c2ccc(F)c(F)c2)n1. The van der Waals surface area contributed by atoms with Crippen LogP contribution in [-0.2, 0) is 16.0 Å². The van der Waals surface area contributed by atoms with Gasteiger partial charge in [-0.3, -0.25) is 4.79 Å². The van der Waals surface area contributed by atoms with Crippen molar-refractivity contribution >= 4 is 17.8 Å². The zero-order valence-corrected chi connectivity index (χ0v) is 17.9. The molecule has 1 aliphatic carbocycles. The predicted molar refractivity (Wildman–Crippen MR) is 112 cm³/mol. The molecule has 0 radical (unpaired) electrons. The van der Waals surface area contributed by atoms with Crippen LogP contribution in [0.5, 0.6) is 0 Å². The standard InChI is InChI=1S/C22H23F2N5O3/c1-22(2,3)32-21(31)29-19(12-18(27-29)13-4-5-13)25-20(30)10-14-8-9-28(26-14)15-6-7-16(23)17(24)11-15/h6-9,11-13H,4-5,10H2,1-3H3,(H,25,30). The van der Waals surface area contributed by atoms with Crippen LogP contribution in [0.25, 0.3) is 5.69 Å². The number of carbonyl (C=O) groups is 2. The summed E-state index contributed by atoms with van der Waals surface area (Å²) in [5, 5.41) is 11.2. The first-order valence-corrected chi connectivity index (χ1v) is 10.2. The van der Waals surface area contributed by atoms with Crippen LogP contribution in [0.3, 0.4) is 0 Å². The molecule has 0 aliphatic heterocycles. The minimum Gasteiger partial charge on any atom is -0.442 e. The molecule has 1 saturated carbocycles. The lowest BCUT2D eigenvalue weighted by Crippen LogP contribution is -2.29. The minimum absolute atomic E-state index is 0.0884. The Morgan fingerprint density at radius 2 is 1.88 bits per heavy atom. The van der Waals surface area contributed by atoms with Gasteiger partial charge in [0.2, 0.25) is 5.91 Å². The summed E-state index contributed by atoms with van der Waals surface area (Å²) in [7, 11) is 0. The number of hydrogen-bond acceptors (Lipinski definition) is 5. The highest BCUT2D eigenvalue weighted by atomic mass is 19.2. The van der Waals surface area contributed by atoms with Gasteiger partial charge in [0.05, 0.1) is 23.5 Å². The maximum atomic E-state index is 13.5. The number of amides is 1. The van der Waals surface area contributed by atoms with Gasteiger partial charge in [-0.25, -0.2) is 18.3 Å². The van der Waals surface area contributed by atoms with Gasteiger partial charge >= 0.3 is 6.09 Å². The van der Waals surface area contributed by atoms with Gasteiger partial charge in [-0.05, 0) is 51.8 Å². The van der Waals surface area contributed by atoms with E-state index in [1.807, 2.05) is 0 Å². The molecule has 2 heterocycles. The zero-order valence-electron chi connectivity index (χ0n) is 17.9. The number of ether oxygens (including phenoxy) is 1. The minimum atomic E-state index is -0.987. The van der Waals surface area contributed by atoms with E-state index in [1.54, 1.807) is 39.1 Å². The maximum absolute atomic E-state index is 13.5. The van der Waals surface area contributed by atoms with Crippen molar-refractivity contribution in [3.8, 4) is 5.69 Å². The molecule has 1 N–H and O–H groups in total. The molecule has 4 rings (SSSR count). The van der Waals surface area contributed by atoms with E-state index in [4.69, 9.17) is 4.74 Å². The summed E-state index contributed by atoms with van der Waals surface area (Å²) in [5.41, 5.74) is 0.760. The molecule has 0 unspecified atom stereocenters. The van der Waals surface area contributed by atoms with E-state index in [1.165, 1.54) is 10.7 Å². The first kappa shape index (κ1) is 21.7. The Hall–Kier alpha value is -3.56. The molecule has 168 valence electrons. The summed E-state index contributed by atoms with van der Waals surface area (Å²) in [5.74, 6) is -1.84. The molecule has 1 amide bonds. The predicted octanol–water partition coefficient (Wildman–Crippen LogP) is 4.19. The second kappa shape index (κ2) is 8.18. The molecule has 8 nitrogen and oxygen atoms in total. The third-order valence-corrected chi connectivity index (χ3v) is 4.71. The molecule has 1 aromatic carbocycles. The number of hydrogen-bond donors (Lipinski definition) is 1. The van der Waals surface area contributed by atoms with Gasteiger partial charge < -0.3 is 10.1 Å². The van der Waals surface area contributed by atoms with Gasteiger partial charge in [-0.2, -0.15) is 10.2 Å². The molecule has 0 saturated heterocycles. The maximum Gasteiger partial charge on any atom is 0.437 e. The van der Waals surface area contributed by atoms with Crippen LogP contribution >= 0.6 is 0 Å².